The summed E-state index contributed by atoms with van der Waals surface area (Å²) >= 11 is 1.72. The Morgan fingerprint density at radius 2 is 2.15 bits per heavy atom. The molecule has 6 heteroatoms. The van der Waals surface area contributed by atoms with Crippen molar-refractivity contribution in [3.8, 4) is 6.07 Å². The number of aryl methyl sites for hydroxylation is 1. The summed E-state index contributed by atoms with van der Waals surface area (Å²) < 4.78 is 27.6. The third-order valence-corrected chi connectivity index (χ3v) is 6.35. The fourth-order valence-electron chi connectivity index (χ4n) is 2.54. The number of nitrogens with zero attached hydrogens (tertiary/aromatic N) is 1. The summed E-state index contributed by atoms with van der Waals surface area (Å²) in [5.74, 6) is 0. The Hall–Kier alpha value is -1.03. The van der Waals surface area contributed by atoms with Gasteiger partial charge in [0.25, 0.3) is 0 Å². The zero-order valence-electron chi connectivity index (χ0n) is 11.6. The molecule has 2 rings (SSSR count). The van der Waals surface area contributed by atoms with E-state index in [1.807, 2.05) is 12.3 Å². The average Bonchev–Trinajstić information content (AvgIpc) is 2.85. The van der Waals surface area contributed by atoms with Crippen LogP contribution < -0.4 is 4.72 Å². The maximum Gasteiger partial charge on any atom is 0.240 e. The highest BCUT2D eigenvalue weighted by molar-refractivity contribution is 7.99. The van der Waals surface area contributed by atoms with Crippen LogP contribution in [0.25, 0.3) is 0 Å². The summed E-state index contributed by atoms with van der Waals surface area (Å²) in [5, 5.41) is 9.24. The second-order valence-corrected chi connectivity index (χ2v) is 7.81. The van der Waals surface area contributed by atoms with E-state index >= 15 is 0 Å². The van der Waals surface area contributed by atoms with Crippen LogP contribution in [-0.4, -0.2) is 26.0 Å². The first kappa shape index (κ1) is 15.4. The van der Waals surface area contributed by atoms with Crippen LogP contribution >= 0.6 is 11.8 Å². The molecule has 1 aromatic carbocycles. The minimum atomic E-state index is -3.51. The molecule has 0 spiro atoms. The third-order valence-electron chi connectivity index (χ3n) is 3.69. The summed E-state index contributed by atoms with van der Waals surface area (Å²) in [4.78, 5) is 0.237. The first-order valence-electron chi connectivity index (χ1n) is 6.54. The lowest BCUT2D eigenvalue weighted by molar-refractivity contribution is 0.555. The minimum absolute atomic E-state index is 0.00551. The molecule has 0 radical (unpaired) electrons. The number of sulfonamides is 1. The zero-order chi connectivity index (χ0) is 14.8. The van der Waals surface area contributed by atoms with E-state index < -0.39 is 10.0 Å². The summed E-state index contributed by atoms with van der Waals surface area (Å²) in [6, 6.07) is 6.67. The van der Waals surface area contributed by atoms with Crippen molar-refractivity contribution in [2.45, 2.75) is 42.4 Å². The van der Waals surface area contributed by atoms with Crippen LogP contribution in [0.3, 0.4) is 0 Å². The molecule has 0 heterocycles. The lowest BCUT2D eigenvalue weighted by atomic mass is 10.1. The quantitative estimate of drug-likeness (QED) is 0.927. The molecule has 0 aromatic heterocycles. The predicted octanol–water partition coefficient (Wildman–Crippen LogP) is 2.43. The van der Waals surface area contributed by atoms with Gasteiger partial charge in [0, 0.05) is 11.3 Å². The largest absolute Gasteiger partial charge is 0.240 e. The molecule has 1 saturated carbocycles. The van der Waals surface area contributed by atoms with Crippen molar-refractivity contribution < 1.29 is 8.42 Å². The van der Waals surface area contributed by atoms with Gasteiger partial charge in [0.15, 0.2) is 0 Å². The molecule has 1 fully saturated rings. The van der Waals surface area contributed by atoms with Crippen LogP contribution in [0.1, 0.15) is 30.4 Å². The van der Waals surface area contributed by atoms with Crippen molar-refractivity contribution in [3.05, 3.63) is 29.3 Å². The Bertz CT molecular complexity index is 635. The maximum absolute atomic E-state index is 12.4. The normalized spacial score (nSPS) is 22.6. The number of rotatable bonds is 4. The average molecular weight is 310 g/mol. The summed E-state index contributed by atoms with van der Waals surface area (Å²) in [7, 11) is -3.51. The van der Waals surface area contributed by atoms with E-state index in [1.54, 1.807) is 30.8 Å². The second kappa shape index (κ2) is 6.17. The molecule has 0 aliphatic heterocycles. The molecular weight excluding hydrogens is 292 g/mol. The first-order valence-corrected chi connectivity index (χ1v) is 9.31. The number of hydrogen-bond acceptors (Lipinski definition) is 4. The number of benzene rings is 1. The van der Waals surface area contributed by atoms with Crippen LogP contribution in [0.2, 0.25) is 0 Å². The molecule has 0 amide bonds. The van der Waals surface area contributed by atoms with Gasteiger partial charge in [0.05, 0.1) is 16.5 Å². The summed E-state index contributed by atoms with van der Waals surface area (Å²) in [5.41, 5.74) is 1.19. The van der Waals surface area contributed by atoms with E-state index in [1.165, 1.54) is 6.07 Å². The Kier molecular flexibility index (Phi) is 4.74. The number of hydrogen-bond donors (Lipinski definition) is 1. The van der Waals surface area contributed by atoms with Gasteiger partial charge in [-0.25, -0.2) is 13.1 Å². The predicted molar refractivity (Wildman–Crippen MR) is 81.2 cm³/mol. The van der Waals surface area contributed by atoms with E-state index in [4.69, 9.17) is 5.26 Å². The van der Waals surface area contributed by atoms with Crippen molar-refractivity contribution >= 4 is 21.8 Å². The van der Waals surface area contributed by atoms with Gasteiger partial charge in [0.2, 0.25) is 10.0 Å². The van der Waals surface area contributed by atoms with Gasteiger partial charge in [-0.15, -0.1) is 0 Å². The highest BCUT2D eigenvalue weighted by Crippen LogP contribution is 2.29. The molecule has 1 aliphatic carbocycles. The van der Waals surface area contributed by atoms with Gasteiger partial charge in [-0.1, -0.05) is 6.42 Å². The smallest absolute Gasteiger partial charge is 0.207 e. The number of nitriles is 1. The molecular formula is C14H18N2O2S2. The molecule has 0 bridgehead atoms. The lowest BCUT2D eigenvalue weighted by Crippen LogP contribution is -2.38. The van der Waals surface area contributed by atoms with Gasteiger partial charge >= 0.3 is 0 Å². The van der Waals surface area contributed by atoms with Gasteiger partial charge in [-0.05, 0) is 49.8 Å². The molecule has 1 aromatic rings. The Labute approximate surface area is 124 Å². The molecule has 20 heavy (non-hydrogen) atoms. The Morgan fingerprint density at radius 1 is 1.40 bits per heavy atom. The SMILES string of the molecule is CSC1CCCC1NS(=O)(=O)c1ccc(C#N)c(C)c1. The third kappa shape index (κ3) is 3.17. The molecule has 1 aliphatic rings. The van der Waals surface area contributed by atoms with Crippen LogP contribution in [0.15, 0.2) is 23.1 Å². The topological polar surface area (TPSA) is 70.0 Å². The zero-order valence-corrected chi connectivity index (χ0v) is 13.2. The summed E-state index contributed by atoms with van der Waals surface area (Å²) in [6.45, 7) is 1.75. The van der Waals surface area contributed by atoms with Gasteiger partial charge in [0.1, 0.15) is 0 Å². The molecule has 108 valence electrons. The van der Waals surface area contributed by atoms with Crippen LogP contribution in [0.5, 0.6) is 0 Å². The van der Waals surface area contributed by atoms with Gasteiger partial charge in [-0.3, -0.25) is 0 Å². The Morgan fingerprint density at radius 3 is 2.75 bits per heavy atom. The standard InChI is InChI=1S/C14H18N2O2S2/c1-10-8-12(7-6-11(10)9-15)20(17,18)16-13-4-3-5-14(13)19-2/h6-8,13-14,16H,3-5H2,1-2H3. The summed E-state index contributed by atoms with van der Waals surface area (Å²) in [6.07, 6.45) is 5.02. The van der Waals surface area contributed by atoms with Crippen molar-refractivity contribution in [1.29, 1.82) is 5.26 Å². The lowest BCUT2D eigenvalue weighted by Gasteiger charge is -2.19. The van der Waals surface area contributed by atoms with Gasteiger partial charge < -0.3 is 0 Å². The van der Waals surface area contributed by atoms with Crippen molar-refractivity contribution in [1.82, 2.24) is 4.72 Å². The molecule has 2 unspecified atom stereocenters. The number of nitrogens with one attached hydrogen (secondary N) is 1. The number of thioether (sulfide) groups is 1. The van der Waals surface area contributed by atoms with E-state index in [2.05, 4.69) is 4.72 Å². The van der Waals surface area contributed by atoms with Gasteiger partial charge in [-0.2, -0.15) is 17.0 Å². The molecule has 1 N–H and O–H groups in total. The van der Waals surface area contributed by atoms with E-state index in [9.17, 15) is 8.42 Å². The Balaban J connectivity index is 2.23. The van der Waals surface area contributed by atoms with Crippen LogP contribution in [0, 0.1) is 18.3 Å². The van der Waals surface area contributed by atoms with Crippen molar-refractivity contribution in [3.63, 3.8) is 0 Å². The fourth-order valence-corrected chi connectivity index (χ4v) is 4.96. The van der Waals surface area contributed by atoms with E-state index in [0.29, 0.717) is 16.4 Å². The maximum atomic E-state index is 12.4. The minimum Gasteiger partial charge on any atom is -0.207 e. The molecule has 4 nitrogen and oxygen atoms in total. The first-order chi connectivity index (χ1) is 9.47. The van der Waals surface area contributed by atoms with Crippen LogP contribution in [0.4, 0.5) is 0 Å². The van der Waals surface area contributed by atoms with Crippen molar-refractivity contribution in [2.24, 2.45) is 0 Å². The van der Waals surface area contributed by atoms with E-state index in [-0.39, 0.29) is 10.9 Å². The monoisotopic (exact) mass is 310 g/mol. The van der Waals surface area contributed by atoms with Crippen molar-refractivity contribution in [2.75, 3.05) is 6.26 Å². The van der Waals surface area contributed by atoms with E-state index in [0.717, 1.165) is 19.3 Å². The second-order valence-electron chi connectivity index (χ2n) is 5.02. The highest BCUT2D eigenvalue weighted by Gasteiger charge is 2.30. The van der Waals surface area contributed by atoms with Crippen LogP contribution in [-0.2, 0) is 10.0 Å². The highest BCUT2D eigenvalue weighted by atomic mass is 32.2. The molecule has 0 saturated heterocycles. The molecule has 2 atom stereocenters. The fraction of sp³-hybridized carbons (Fsp3) is 0.500.